The lowest BCUT2D eigenvalue weighted by Crippen LogP contribution is -2.55. The quantitative estimate of drug-likeness (QED) is 0.543. The first-order valence-electron chi connectivity index (χ1n) is 5.50. The third kappa shape index (κ3) is 2.34. The van der Waals surface area contributed by atoms with E-state index in [1.54, 1.807) is 24.3 Å². The Kier molecular flexibility index (Phi) is 3.76. The van der Waals surface area contributed by atoms with Crippen molar-refractivity contribution in [3.63, 3.8) is 0 Å². The highest BCUT2D eigenvalue weighted by atomic mass is 16.5. The molecule has 2 rings (SSSR count). The van der Waals surface area contributed by atoms with Crippen molar-refractivity contribution in [2.24, 2.45) is 0 Å². The summed E-state index contributed by atoms with van der Waals surface area (Å²) >= 11 is 0. The molecule has 0 bridgehead atoms. The molecule has 5 heteroatoms. The molecule has 0 saturated carbocycles. The maximum absolute atomic E-state index is 9.86. The van der Waals surface area contributed by atoms with Gasteiger partial charge in [0.2, 0.25) is 0 Å². The Balaban J connectivity index is 2.23. The molecule has 1 aromatic carbocycles. The first-order chi connectivity index (χ1) is 8.15. The molecule has 0 radical (unpaired) electrons. The molecule has 1 aliphatic rings. The minimum atomic E-state index is -1.33. The van der Waals surface area contributed by atoms with Crippen LogP contribution in [0.2, 0.25) is 0 Å². The van der Waals surface area contributed by atoms with Crippen molar-refractivity contribution < 1.29 is 25.2 Å². The smallest absolute Gasteiger partial charge is 0.113 e. The van der Waals surface area contributed by atoms with Crippen LogP contribution in [0.3, 0.4) is 0 Å². The van der Waals surface area contributed by atoms with Gasteiger partial charge in [0.25, 0.3) is 0 Å². The van der Waals surface area contributed by atoms with Crippen LogP contribution in [0.25, 0.3) is 0 Å². The predicted molar refractivity (Wildman–Crippen MR) is 59.2 cm³/mol. The Morgan fingerprint density at radius 2 is 1.59 bits per heavy atom. The molecular weight excluding hydrogens is 224 g/mol. The Bertz CT molecular complexity index is 353. The third-order valence-electron chi connectivity index (χ3n) is 3.02. The van der Waals surface area contributed by atoms with Gasteiger partial charge >= 0.3 is 0 Å². The van der Waals surface area contributed by atoms with Crippen LogP contribution in [0.4, 0.5) is 0 Å². The zero-order valence-corrected chi connectivity index (χ0v) is 9.18. The fourth-order valence-electron chi connectivity index (χ4n) is 2.02. The summed E-state index contributed by atoms with van der Waals surface area (Å²) in [5.74, 6) is 0. The van der Waals surface area contributed by atoms with E-state index in [1.807, 2.05) is 6.07 Å². The fraction of sp³-hybridized carbons (Fsp3) is 0.500. The lowest BCUT2D eigenvalue weighted by atomic mass is 9.91. The van der Waals surface area contributed by atoms with Gasteiger partial charge in [-0.15, -0.1) is 0 Å². The summed E-state index contributed by atoms with van der Waals surface area (Å²) in [6, 6.07) is 8.92. The molecule has 17 heavy (non-hydrogen) atoms. The SMILES string of the molecule is OCC1O[C@@H](c2ccccc2)C(O)C(O)[C@H]1O. The van der Waals surface area contributed by atoms with E-state index in [-0.39, 0.29) is 0 Å². The van der Waals surface area contributed by atoms with Gasteiger partial charge in [0.1, 0.15) is 30.5 Å². The number of rotatable bonds is 2. The van der Waals surface area contributed by atoms with Crippen LogP contribution in [0, 0.1) is 0 Å². The van der Waals surface area contributed by atoms with Crippen molar-refractivity contribution in [1.82, 2.24) is 0 Å². The van der Waals surface area contributed by atoms with Crippen LogP contribution in [0.5, 0.6) is 0 Å². The number of aliphatic hydroxyl groups excluding tert-OH is 4. The molecule has 4 N–H and O–H groups in total. The molecule has 0 amide bonds. The molecule has 0 aromatic heterocycles. The highest BCUT2D eigenvalue weighted by Crippen LogP contribution is 2.31. The first-order valence-corrected chi connectivity index (χ1v) is 5.50. The number of benzene rings is 1. The number of aliphatic hydroxyl groups is 4. The molecule has 0 aliphatic carbocycles. The van der Waals surface area contributed by atoms with Crippen LogP contribution >= 0.6 is 0 Å². The fourth-order valence-corrected chi connectivity index (χ4v) is 2.02. The van der Waals surface area contributed by atoms with Crippen LogP contribution in [0.1, 0.15) is 11.7 Å². The molecule has 1 fully saturated rings. The molecule has 1 aromatic rings. The molecular formula is C12H16O5. The van der Waals surface area contributed by atoms with Gasteiger partial charge in [-0.1, -0.05) is 30.3 Å². The summed E-state index contributed by atoms with van der Waals surface area (Å²) in [5.41, 5.74) is 0.699. The summed E-state index contributed by atoms with van der Waals surface area (Å²) in [7, 11) is 0. The summed E-state index contributed by atoms with van der Waals surface area (Å²) < 4.78 is 5.41. The molecule has 1 aliphatic heterocycles. The summed E-state index contributed by atoms with van der Waals surface area (Å²) in [4.78, 5) is 0. The summed E-state index contributed by atoms with van der Waals surface area (Å²) in [5, 5.41) is 38.2. The molecule has 94 valence electrons. The van der Waals surface area contributed by atoms with Crippen molar-refractivity contribution in [2.45, 2.75) is 30.5 Å². The second-order valence-electron chi connectivity index (χ2n) is 4.16. The van der Waals surface area contributed by atoms with Crippen molar-refractivity contribution in [2.75, 3.05) is 6.61 Å². The minimum absolute atomic E-state index is 0.408. The molecule has 5 nitrogen and oxygen atoms in total. The van der Waals surface area contributed by atoms with Crippen molar-refractivity contribution in [1.29, 1.82) is 0 Å². The molecule has 0 spiro atoms. The van der Waals surface area contributed by atoms with E-state index in [1.165, 1.54) is 0 Å². The number of ether oxygens (including phenoxy) is 1. The van der Waals surface area contributed by atoms with Gasteiger partial charge in [0.15, 0.2) is 0 Å². The lowest BCUT2D eigenvalue weighted by Gasteiger charge is -2.40. The zero-order valence-electron chi connectivity index (χ0n) is 9.18. The van der Waals surface area contributed by atoms with Gasteiger partial charge in [-0.25, -0.2) is 0 Å². The van der Waals surface area contributed by atoms with Gasteiger partial charge in [-0.2, -0.15) is 0 Å². The van der Waals surface area contributed by atoms with Crippen molar-refractivity contribution in [3.05, 3.63) is 35.9 Å². The maximum atomic E-state index is 9.86. The van der Waals surface area contributed by atoms with Gasteiger partial charge < -0.3 is 25.2 Å². The van der Waals surface area contributed by atoms with E-state index in [0.717, 1.165) is 0 Å². The average Bonchev–Trinajstić information content (AvgIpc) is 2.37. The van der Waals surface area contributed by atoms with E-state index < -0.39 is 37.1 Å². The summed E-state index contributed by atoms with van der Waals surface area (Å²) in [6.07, 6.45) is -5.46. The van der Waals surface area contributed by atoms with Crippen molar-refractivity contribution >= 4 is 0 Å². The molecule has 1 saturated heterocycles. The number of hydrogen-bond donors (Lipinski definition) is 4. The maximum Gasteiger partial charge on any atom is 0.113 e. The second-order valence-corrected chi connectivity index (χ2v) is 4.16. The highest BCUT2D eigenvalue weighted by molar-refractivity contribution is 5.20. The second kappa shape index (κ2) is 5.12. The van der Waals surface area contributed by atoms with Gasteiger partial charge in [-0.3, -0.25) is 0 Å². The van der Waals surface area contributed by atoms with Gasteiger partial charge in [0, 0.05) is 0 Å². The Morgan fingerprint density at radius 1 is 0.941 bits per heavy atom. The highest BCUT2D eigenvalue weighted by Gasteiger charge is 2.43. The van der Waals surface area contributed by atoms with Crippen LogP contribution in [-0.4, -0.2) is 51.4 Å². The third-order valence-corrected chi connectivity index (χ3v) is 3.02. The number of hydrogen-bond acceptors (Lipinski definition) is 5. The molecule has 1 heterocycles. The van der Waals surface area contributed by atoms with E-state index in [0.29, 0.717) is 5.56 Å². The Hall–Kier alpha value is -0.980. The minimum Gasteiger partial charge on any atom is -0.394 e. The van der Waals surface area contributed by atoms with Crippen LogP contribution in [0.15, 0.2) is 30.3 Å². The van der Waals surface area contributed by atoms with Gasteiger partial charge in [0.05, 0.1) is 6.61 Å². The van der Waals surface area contributed by atoms with Crippen molar-refractivity contribution in [3.8, 4) is 0 Å². The van der Waals surface area contributed by atoms with Crippen LogP contribution in [-0.2, 0) is 4.74 Å². The van der Waals surface area contributed by atoms with E-state index >= 15 is 0 Å². The predicted octanol–water partition coefficient (Wildman–Crippen LogP) is -0.799. The Labute approximate surface area is 98.9 Å². The lowest BCUT2D eigenvalue weighted by molar-refractivity contribution is -0.231. The molecule has 5 atom stereocenters. The molecule has 3 unspecified atom stereocenters. The van der Waals surface area contributed by atoms with E-state index in [2.05, 4.69) is 0 Å². The van der Waals surface area contributed by atoms with E-state index in [9.17, 15) is 15.3 Å². The van der Waals surface area contributed by atoms with Gasteiger partial charge in [-0.05, 0) is 5.56 Å². The Morgan fingerprint density at radius 3 is 2.18 bits per heavy atom. The normalized spacial score (nSPS) is 38.0. The average molecular weight is 240 g/mol. The summed E-state index contributed by atoms with van der Waals surface area (Å²) in [6.45, 7) is -0.408. The topological polar surface area (TPSA) is 90.2 Å². The van der Waals surface area contributed by atoms with Crippen LogP contribution < -0.4 is 0 Å². The monoisotopic (exact) mass is 240 g/mol. The first kappa shape index (κ1) is 12.5. The standard InChI is InChI=1S/C12H16O5/c13-6-8-9(14)10(15)11(16)12(17-8)7-4-2-1-3-5-7/h1-5,8-16H,6H2/t8?,9-,10?,11?,12-/m0/s1. The largest absolute Gasteiger partial charge is 0.394 e. The zero-order chi connectivity index (χ0) is 12.4. The van der Waals surface area contributed by atoms with E-state index in [4.69, 9.17) is 9.84 Å².